The van der Waals surface area contributed by atoms with E-state index in [0.29, 0.717) is 13.0 Å². The summed E-state index contributed by atoms with van der Waals surface area (Å²) in [6.45, 7) is 5.80. The van der Waals surface area contributed by atoms with Crippen molar-refractivity contribution in [2.45, 2.75) is 51.7 Å². The highest BCUT2D eigenvalue weighted by atomic mass is 16.6. The maximum atomic E-state index is 11.4. The van der Waals surface area contributed by atoms with Gasteiger partial charge in [-0.2, -0.15) is 0 Å². The minimum absolute atomic E-state index is 0.478. The van der Waals surface area contributed by atoms with Gasteiger partial charge in [0.05, 0.1) is 0 Å². The van der Waals surface area contributed by atoms with Gasteiger partial charge in [0.1, 0.15) is 11.6 Å². The number of carbonyl (C=O) groups is 2. The van der Waals surface area contributed by atoms with Crippen LogP contribution in [0, 0.1) is 0 Å². The first-order valence-electron chi connectivity index (χ1n) is 5.75. The van der Waals surface area contributed by atoms with E-state index in [9.17, 15) is 9.59 Å². The van der Waals surface area contributed by atoms with Crippen molar-refractivity contribution < 1.29 is 14.3 Å². The van der Waals surface area contributed by atoms with E-state index in [0.717, 1.165) is 12.8 Å². The van der Waals surface area contributed by atoms with Crippen molar-refractivity contribution >= 4 is 12.0 Å². The van der Waals surface area contributed by atoms with E-state index in [1.54, 1.807) is 20.8 Å². The van der Waals surface area contributed by atoms with E-state index in [4.69, 9.17) is 16.2 Å². The molecule has 0 fully saturated rings. The van der Waals surface area contributed by atoms with Gasteiger partial charge in [0, 0.05) is 0 Å². The van der Waals surface area contributed by atoms with Gasteiger partial charge < -0.3 is 21.5 Å². The molecule has 5 N–H and O–H groups in total. The van der Waals surface area contributed by atoms with Crippen molar-refractivity contribution in [1.82, 2.24) is 5.32 Å². The molecule has 6 heteroatoms. The minimum atomic E-state index is -0.698. The predicted molar refractivity (Wildman–Crippen MR) is 65.3 cm³/mol. The maximum Gasteiger partial charge on any atom is 0.408 e. The Hall–Kier alpha value is -1.30. The second-order valence-corrected chi connectivity index (χ2v) is 4.89. The molecule has 0 heterocycles. The molecule has 0 saturated heterocycles. The largest absolute Gasteiger partial charge is 0.444 e. The van der Waals surface area contributed by atoms with Crippen molar-refractivity contribution in [3.05, 3.63) is 0 Å². The second-order valence-electron chi connectivity index (χ2n) is 4.89. The van der Waals surface area contributed by atoms with Crippen LogP contribution in [-0.2, 0) is 9.53 Å². The van der Waals surface area contributed by atoms with Gasteiger partial charge >= 0.3 is 6.09 Å². The summed E-state index contributed by atoms with van der Waals surface area (Å²) in [4.78, 5) is 22.6. The summed E-state index contributed by atoms with van der Waals surface area (Å²) in [5.74, 6) is -0.562. The van der Waals surface area contributed by atoms with Gasteiger partial charge in [0.15, 0.2) is 0 Å². The van der Waals surface area contributed by atoms with E-state index in [2.05, 4.69) is 5.32 Å². The van der Waals surface area contributed by atoms with Gasteiger partial charge in [0.25, 0.3) is 0 Å². The maximum absolute atomic E-state index is 11.4. The molecular formula is C11H23N3O3. The van der Waals surface area contributed by atoms with Crippen molar-refractivity contribution in [3.8, 4) is 0 Å². The number of amides is 2. The topological polar surface area (TPSA) is 107 Å². The number of hydrogen-bond donors (Lipinski definition) is 3. The minimum Gasteiger partial charge on any atom is -0.444 e. The Labute approximate surface area is 102 Å². The first-order valence-corrected chi connectivity index (χ1v) is 5.75. The van der Waals surface area contributed by atoms with Crippen molar-refractivity contribution in [2.75, 3.05) is 6.54 Å². The van der Waals surface area contributed by atoms with Gasteiger partial charge in [0.2, 0.25) is 5.91 Å². The number of ether oxygens (including phenoxy) is 1. The first-order chi connectivity index (χ1) is 7.76. The number of unbranched alkanes of at least 4 members (excludes halogenated alkanes) is 1. The van der Waals surface area contributed by atoms with Crippen LogP contribution in [0.5, 0.6) is 0 Å². The van der Waals surface area contributed by atoms with Crippen LogP contribution in [0.3, 0.4) is 0 Å². The molecule has 0 aromatic heterocycles. The monoisotopic (exact) mass is 245 g/mol. The van der Waals surface area contributed by atoms with Crippen LogP contribution in [0.15, 0.2) is 0 Å². The van der Waals surface area contributed by atoms with Crippen LogP contribution in [0.2, 0.25) is 0 Å². The van der Waals surface area contributed by atoms with Crippen LogP contribution >= 0.6 is 0 Å². The summed E-state index contributed by atoms with van der Waals surface area (Å²) in [7, 11) is 0. The molecule has 100 valence electrons. The quantitative estimate of drug-likeness (QED) is 0.592. The van der Waals surface area contributed by atoms with Crippen molar-refractivity contribution in [3.63, 3.8) is 0 Å². The Morgan fingerprint density at radius 3 is 2.29 bits per heavy atom. The third-order valence-electron chi connectivity index (χ3n) is 1.98. The molecular weight excluding hydrogens is 222 g/mol. The van der Waals surface area contributed by atoms with E-state index in [-0.39, 0.29) is 0 Å². The van der Waals surface area contributed by atoms with Gasteiger partial charge in [-0.1, -0.05) is 0 Å². The molecule has 0 aromatic carbocycles. The average molecular weight is 245 g/mol. The highest BCUT2D eigenvalue weighted by Gasteiger charge is 2.22. The Balaban J connectivity index is 4.16. The molecule has 0 aliphatic heterocycles. The Morgan fingerprint density at radius 2 is 1.88 bits per heavy atom. The second kappa shape index (κ2) is 7.11. The predicted octanol–water partition coefficient (Wildman–Crippen LogP) is 0.494. The summed E-state index contributed by atoms with van der Waals surface area (Å²) in [6, 6.07) is -0.698. The molecule has 0 aromatic rings. The highest BCUT2D eigenvalue weighted by molar-refractivity contribution is 5.84. The third kappa shape index (κ3) is 8.50. The van der Waals surface area contributed by atoms with Crippen LogP contribution in [-0.4, -0.2) is 30.2 Å². The lowest BCUT2D eigenvalue weighted by molar-refractivity contribution is -0.120. The molecule has 17 heavy (non-hydrogen) atoms. The number of carbonyl (C=O) groups excluding carboxylic acids is 2. The van der Waals surface area contributed by atoms with Gasteiger partial charge in [-0.3, -0.25) is 4.79 Å². The summed E-state index contributed by atoms with van der Waals surface area (Å²) in [6.07, 6.45) is 1.37. The number of hydrogen-bond acceptors (Lipinski definition) is 4. The van der Waals surface area contributed by atoms with E-state index in [1.807, 2.05) is 0 Å². The lowest BCUT2D eigenvalue weighted by Crippen LogP contribution is -2.46. The lowest BCUT2D eigenvalue weighted by atomic mass is 10.1. The van der Waals surface area contributed by atoms with Crippen LogP contribution in [0.25, 0.3) is 0 Å². The molecule has 0 saturated carbocycles. The Bertz CT molecular complexity index is 261. The lowest BCUT2D eigenvalue weighted by Gasteiger charge is -2.22. The molecule has 1 unspecified atom stereocenters. The first kappa shape index (κ1) is 15.7. The van der Waals surface area contributed by atoms with Crippen molar-refractivity contribution in [2.24, 2.45) is 11.5 Å². The zero-order valence-corrected chi connectivity index (χ0v) is 10.8. The molecule has 0 bridgehead atoms. The zero-order chi connectivity index (χ0) is 13.5. The standard InChI is InChI=1S/C11H23N3O3/c1-11(2,3)17-10(16)14-8(9(13)15)6-4-5-7-12/h8H,4-7,12H2,1-3H3,(H2,13,15)(H,14,16). The van der Waals surface area contributed by atoms with E-state index in [1.165, 1.54) is 0 Å². The van der Waals surface area contributed by atoms with Crippen molar-refractivity contribution in [1.29, 1.82) is 0 Å². The fourth-order valence-electron chi connectivity index (χ4n) is 1.23. The number of nitrogens with two attached hydrogens (primary N) is 2. The highest BCUT2D eigenvalue weighted by Crippen LogP contribution is 2.08. The summed E-state index contributed by atoms with van der Waals surface area (Å²) < 4.78 is 5.04. The molecule has 6 nitrogen and oxygen atoms in total. The third-order valence-corrected chi connectivity index (χ3v) is 1.98. The molecule has 2 amide bonds. The Kier molecular flexibility index (Phi) is 6.57. The fourth-order valence-corrected chi connectivity index (χ4v) is 1.23. The average Bonchev–Trinajstić information content (AvgIpc) is 2.13. The van der Waals surface area contributed by atoms with Gasteiger partial charge in [-0.25, -0.2) is 4.79 Å². The number of nitrogens with one attached hydrogen (secondary N) is 1. The van der Waals surface area contributed by atoms with Gasteiger partial charge in [-0.05, 0) is 46.6 Å². The van der Waals surface area contributed by atoms with Gasteiger partial charge in [-0.15, -0.1) is 0 Å². The zero-order valence-electron chi connectivity index (χ0n) is 10.8. The number of primary amides is 1. The number of alkyl carbamates (subject to hydrolysis) is 1. The molecule has 0 spiro atoms. The smallest absolute Gasteiger partial charge is 0.408 e. The molecule has 1 atom stereocenters. The van der Waals surface area contributed by atoms with Crippen LogP contribution in [0.1, 0.15) is 40.0 Å². The normalized spacial score (nSPS) is 12.9. The summed E-state index contributed by atoms with van der Waals surface area (Å²) in [5.41, 5.74) is 9.94. The van der Waals surface area contributed by atoms with E-state index < -0.39 is 23.6 Å². The van der Waals surface area contributed by atoms with Crippen LogP contribution < -0.4 is 16.8 Å². The summed E-state index contributed by atoms with van der Waals surface area (Å²) in [5, 5.41) is 2.46. The van der Waals surface area contributed by atoms with E-state index >= 15 is 0 Å². The SMILES string of the molecule is CC(C)(C)OC(=O)NC(CCCCN)C(N)=O. The molecule has 0 radical (unpaired) electrons. The van der Waals surface area contributed by atoms with Crippen LogP contribution in [0.4, 0.5) is 4.79 Å². The Morgan fingerprint density at radius 1 is 1.29 bits per heavy atom. The molecule has 0 aliphatic rings. The number of rotatable bonds is 6. The summed E-state index contributed by atoms with van der Waals surface area (Å²) >= 11 is 0. The molecule has 0 aliphatic carbocycles. The molecule has 0 rings (SSSR count). The fraction of sp³-hybridized carbons (Fsp3) is 0.818.